The molecule has 2 aliphatic rings. The van der Waals surface area contributed by atoms with Crippen molar-refractivity contribution >= 4 is 6.09 Å². The first-order valence-electron chi connectivity index (χ1n) is 5.18. The summed E-state index contributed by atoms with van der Waals surface area (Å²) in [6.45, 7) is 5.94. The maximum absolute atomic E-state index is 11.7. The molecule has 0 bridgehead atoms. The van der Waals surface area contributed by atoms with Crippen LogP contribution >= 0.6 is 0 Å². The zero-order valence-corrected chi connectivity index (χ0v) is 9.27. The van der Waals surface area contributed by atoms with Gasteiger partial charge in [-0.25, -0.2) is 4.79 Å². The van der Waals surface area contributed by atoms with Gasteiger partial charge in [-0.15, -0.1) is 0 Å². The molecule has 2 heterocycles. The third-order valence-electron chi connectivity index (χ3n) is 2.59. The number of rotatable bonds is 1. The normalized spacial score (nSPS) is 33.9. The van der Waals surface area contributed by atoms with Crippen molar-refractivity contribution in [2.75, 3.05) is 13.2 Å². The van der Waals surface area contributed by atoms with Crippen LogP contribution in [0.3, 0.4) is 0 Å². The fourth-order valence-electron chi connectivity index (χ4n) is 1.88. The molecule has 3 atom stereocenters. The van der Waals surface area contributed by atoms with Crippen molar-refractivity contribution in [1.29, 1.82) is 0 Å². The van der Waals surface area contributed by atoms with E-state index in [1.165, 1.54) is 0 Å². The van der Waals surface area contributed by atoms with Gasteiger partial charge in [0.2, 0.25) is 0 Å². The van der Waals surface area contributed by atoms with Gasteiger partial charge in [0.15, 0.2) is 0 Å². The molecule has 2 aliphatic heterocycles. The third kappa shape index (κ3) is 2.08. The molecule has 0 radical (unpaired) electrons. The largest absolute Gasteiger partial charge is 0.444 e. The maximum Gasteiger partial charge on any atom is 0.410 e. The van der Waals surface area contributed by atoms with Crippen molar-refractivity contribution in [3.8, 4) is 0 Å². The average Bonchev–Trinajstić information content (AvgIpc) is 2.75. The number of morpholine rings is 1. The molecule has 2 rings (SSSR count). The number of ether oxygens (including phenoxy) is 2. The van der Waals surface area contributed by atoms with Crippen molar-refractivity contribution in [3.05, 3.63) is 0 Å². The Labute approximate surface area is 89.0 Å². The Morgan fingerprint density at radius 2 is 2.27 bits per heavy atom. The molecule has 3 unspecified atom stereocenters. The standard InChI is InChI=1S/C10H17NO4/c1-10(2,3)15-9(13)11-4-7-8(14-7)6(11)5-12/h6-8,12H,4-5H2,1-3H3. The molecule has 5 heteroatoms. The van der Waals surface area contributed by atoms with Gasteiger partial charge >= 0.3 is 6.09 Å². The minimum Gasteiger partial charge on any atom is -0.444 e. The van der Waals surface area contributed by atoms with E-state index in [0.29, 0.717) is 6.54 Å². The second-order valence-electron chi connectivity index (χ2n) is 5.02. The van der Waals surface area contributed by atoms with Crippen molar-refractivity contribution in [2.24, 2.45) is 0 Å². The summed E-state index contributed by atoms with van der Waals surface area (Å²) >= 11 is 0. The minimum absolute atomic E-state index is 0.0162. The summed E-state index contributed by atoms with van der Waals surface area (Å²) in [6, 6.07) is -0.232. The van der Waals surface area contributed by atoms with E-state index in [-0.39, 0.29) is 30.9 Å². The predicted octanol–water partition coefficient (Wildman–Crippen LogP) is 0.365. The number of epoxide rings is 1. The highest BCUT2D eigenvalue weighted by atomic mass is 16.6. The van der Waals surface area contributed by atoms with Crippen LogP contribution in [-0.4, -0.2) is 53.1 Å². The molecule has 0 aromatic heterocycles. The molecular formula is C10H17NO4. The lowest BCUT2D eigenvalue weighted by Crippen LogP contribution is -2.44. The Kier molecular flexibility index (Phi) is 2.39. The molecule has 86 valence electrons. The van der Waals surface area contributed by atoms with Crippen LogP contribution in [0.4, 0.5) is 4.79 Å². The summed E-state index contributed by atoms with van der Waals surface area (Å²) in [4.78, 5) is 13.3. The summed E-state index contributed by atoms with van der Waals surface area (Å²) in [5, 5.41) is 9.15. The summed E-state index contributed by atoms with van der Waals surface area (Å²) in [6.07, 6.45) is -0.241. The van der Waals surface area contributed by atoms with Crippen LogP contribution in [-0.2, 0) is 9.47 Å². The van der Waals surface area contributed by atoms with Gasteiger partial charge in [0, 0.05) is 0 Å². The number of aliphatic hydroxyl groups is 1. The van der Waals surface area contributed by atoms with E-state index in [0.717, 1.165) is 0 Å². The molecule has 0 aromatic carbocycles. The molecule has 2 fully saturated rings. The molecule has 5 nitrogen and oxygen atoms in total. The maximum atomic E-state index is 11.7. The van der Waals surface area contributed by atoms with Gasteiger partial charge in [-0.2, -0.15) is 0 Å². The molecular weight excluding hydrogens is 198 g/mol. The Bertz CT molecular complexity index is 273. The van der Waals surface area contributed by atoms with Crippen LogP contribution in [0, 0.1) is 0 Å². The summed E-state index contributed by atoms with van der Waals surface area (Å²) in [7, 11) is 0. The molecule has 2 saturated heterocycles. The fraction of sp³-hybridized carbons (Fsp3) is 0.900. The summed E-state index contributed by atoms with van der Waals surface area (Å²) in [5.74, 6) is 0. The number of hydrogen-bond acceptors (Lipinski definition) is 4. The van der Waals surface area contributed by atoms with Crippen LogP contribution in [0.1, 0.15) is 20.8 Å². The predicted molar refractivity (Wildman–Crippen MR) is 52.5 cm³/mol. The second-order valence-corrected chi connectivity index (χ2v) is 5.02. The third-order valence-corrected chi connectivity index (χ3v) is 2.59. The zero-order valence-electron chi connectivity index (χ0n) is 9.27. The average molecular weight is 215 g/mol. The van der Waals surface area contributed by atoms with E-state index in [2.05, 4.69) is 0 Å². The van der Waals surface area contributed by atoms with Crippen molar-refractivity contribution in [2.45, 2.75) is 44.6 Å². The lowest BCUT2D eigenvalue weighted by atomic mass is 10.2. The molecule has 15 heavy (non-hydrogen) atoms. The first kappa shape index (κ1) is 10.7. The monoisotopic (exact) mass is 215 g/mol. The van der Waals surface area contributed by atoms with Gasteiger partial charge in [-0.05, 0) is 20.8 Å². The van der Waals surface area contributed by atoms with Gasteiger partial charge in [0.1, 0.15) is 17.8 Å². The molecule has 0 saturated carbocycles. The van der Waals surface area contributed by atoms with E-state index in [1.54, 1.807) is 4.90 Å². The number of likely N-dealkylation sites (tertiary alicyclic amines) is 1. The van der Waals surface area contributed by atoms with Gasteiger partial charge in [0.05, 0.1) is 19.2 Å². The lowest BCUT2D eigenvalue weighted by Gasteiger charge is -2.28. The van der Waals surface area contributed by atoms with Gasteiger partial charge in [-0.1, -0.05) is 0 Å². The van der Waals surface area contributed by atoms with Crippen molar-refractivity contribution < 1.29 is 19.4 Å². The quantitative estimate of drug-likeness (QED) is 0.642. The van der Waals surface area contributed by atoms with Crippen LogP contribution in [0.5, 0.6) is 0 Å². The number of carbonyl (C=O) groups is 1. The number of aliphatic hydroxyl groups excluding tert-OH is 1. The number of fused-ring (bicyclic) bond motifs is 1. The van der Waals surface area contributed by atoms with E-state index in [9.17, 15) is 4.79 Å². The summed E-state index contributed by atoms with van der Waals surface area (Å²) < 4.78 is 10.5. The summed E-state index contributed by atoms with van der Waals surface area (Å²) in [5.41, 5.74) is -0.495. The topological polar surface area (TPSA) is 62.3 Å². The lowest BCUT2D eigenvalue weighted by molar-refractivity contribution is 0.00499. The van der Waals surface area contributed by atoms with Crippen LogP contribution < -0.4 is 0 Å². The molecule has 1 amide bonds. The Balaban J connectivity index is 1.96. The smallest absolute Gasteiger partial charge is 0.410 e. The Morgan fingerprint density at radius 3 is 2.80 bits per heavy atom. The van der Waals surface area contributed by atoms with Gasteiger partial charge < -0.3 is 14.6 Å². The molecule has 0 aromatic rings. The first-order chi connectivity index (χ1) is 6.92. The van der Waals surface area contributed by atoms with Crippen LogP contribution in [0.25, 0.3) is 0 Å². The van der Waals surface area contributed by atoms with E-state index < -0.39 is 5.60 Å². The fourth-order valence-corrected chi connectivity index (χ4v) is 1.88. The highest BCUT2D eigenvalue weighted by Gasteiger charge is 2.56. The first-order valence-corrected chi connectivity index (χ1v) is 5.18. The molecule has 0 aliphatic carbocycles. The zero-order chi connectivity index (χ0) is 11.2. The van der Waals surface area contributed by atoms with E-state index >= 15 is 0 Å². The van der Waals surface area contributed by atoms with Gasteiger partial charge in [-0.3, -0.25) is 4.90 Å². The van der Waals surface area contributed by atoms with Crippen molar-refractivity contribution in [3.63, 3.8) is 0 Å². The highest BCUT2D eigenvalue weighted by molar-refractivity contribution is 5.69. The van der Waals surface area contributed by atoms with E-state index in [1.807, 2.05) is 20.8 Å². The van der Waals surface area contributed by atoms with E-state index in [4.69, 9.17) is 14.6 Å². The number of hydrogen-bond donors (Lipinski definition) is 1. The SMILES string of the molecule is CC(C)(C)OC(=O)N1CC2OC2C1CO. The molecule has 0 spiro atoms. The van der Waals surface area contributed by atoms with Crippen LogP contribution in [0.2, 0.25) is 0 Å². The molecule has 1 N–H and O–H groups in total. The number of amides is 1. The van der Waals surface area contributed by atoms with Gasteiger partial charge in [0.25, 0.3) is 0 Å². The number of nitrogens with zero attached hydrogens (tertiary/aromatic N) is 1. The Morgan fingerprint density at radius 1 is 1.60 bits per heavy atom. The van der Waals surface area contributed by atoms with Crippen LogP contribution in [0.15, 0.2) is 0 Å². The highest BCUT2D eigenvalue weighted by Crippen LogP contribution is 2.36. The minimum atomic E-state index is -0.495. The number of carbonyl (C=O) groups excluding carboxylic acids is 1. The van der Waals surface area contributed by atoms with Crippen molar-refractivity contribution in [1.82, 2.24) is 4.90 Å². The second kappa shape index (κ2) is 3.35. The Hall–Kier alpha value is -0.810.